The highest BCUT2D eigenvalue weighted by atomic mass is 16.1. The molecule has 2 unspecified atom stereocenters. The average Bonchev–Trinajstić information content (AvgIpc) is 2.55. The fraction of sp³-hybridized carbons (Fsp3) is 0.739. The summed E-state index contributed by atoms with van der Waals surface area (Å²) in [6.45, 7) is 8.37. The molecule has 0 aromatic carbocycles. The van der Waals surface area contributed by atoms with E-state index in [2.05, 4.69) is 25.8 Å². The Labute approximate surface area is 154 Å². The average molecular weight is 345 g/mol. The molecule has 0 aromatic rings. The number of carbonyl (C=O) groups is 2. The molecule has 140 valence electrons. The predicted octanol–water partition coefficient (Wildman–Crippen LogP) is 5.90. The van der Waals surface area contributed by atoms with Crippen LogP contribution in [0.5, 0.6) is 0 Å². The molecule has 1 aliphatic carbocycles. The van der Waals surface area contributed by atoms with Crippen molar-refractivity contribution in [3.8, 4) is 12.3 Å². The first-order valence-corrected chi connectivity index (χ1v) is 9.91. The molecule has 0 amide bonds. The van der Waals surface area contributed by atoms with Gasteiger partial charge in [0.15, 0.2) is 0 Å². The van der Waals surface area contributed by atoms with Crippen molar-refractivity contribution in [3.63, 3.8) is 0 Å². The summed E-state index contributed by atoms with van der Waals surface area (Å²) in [6, 6.07) is 0. The smallest absolute Gasteiger partial charge is 0.142 e. The van der Waals surface area contributed by atoms with E-state index in [9.17, 15) is 9.59 Å². The summed E-state index contributed by atoms with van der Waals surface area (Å²) < 4.78 is 0. The molecule has 2 heteroatoms. The van der Waals surface area contributed by atoms with Crippen LogP contribution in [0.15, 0.2) is 11.6 Å². The molecule has 0 spiro atoms. The van der Waals surface area contributed by atoms with Crippen LogP contribution in [-0.4, -0.2) is 11.6 Å². The lowest BCUT2D eigenvalue weighted by Crippen LogP contribution is -2.32. The zero-order chi connectivity index (χ0) is 18.9. The Morgan fingerprint density at radius 3 is 2.60 bits per heavy atom. The second kappa shape index (κ2) is 10.6. The van der Waals surface area contributed by atoms with Crippen molar-refractivity contribution in [1.82, 2.24) is 0 Å². The zero-order valence-corrected chi connectivity index (χ0v) is 16.7. The van der Waals surface area contributed by atoms with E-state index >= 15 is 0 Å². The Morgan fingerprint density at radius 2 is 1.92 bits per heavy atom. The van der Waals surface area contributed by atoms with E-state index in [1.807, 2.05) is 13.8 Å². The van der Waals surface area contributed by atoms with Gasteiger partial charge in [-0.25, -0.2) is 0 Å². The molecule has 0 fully saturated rings. The molecule has 1 aliphatic rings. The molecule has 0 radical (unpaired) electrons. The standard InChI is InChI=1S/C23H36O2/c1-6-10-20-17-19(3)13-9-12-18(2)11-7-8-14-21(24)15-16-23(4,5)22(20)25/h1,11,19-20H,7-10,12-17H2,2-5H3/b18-11+. The van der Waals surface area contributed by atoms with Crippen LogP contribution >= 0.6 is 0 Å². The van der Waals surface area contributed by atoms with Gasteiger partial charge >= 0.3 is 0 Å². The van der Waals surface area contributed by atoms with Crippen molar-refractivity contribution >= 4 is 11.6 Å². The van der Waals surface area contributed by atoms with Gasteiger partial charge in [0, 0.05) is 30.6 Å². The Morgan fingerprint density at radius 1 is 1.20 bits per heavy atom. The minimum absolute atomic E-state index is 0.0744. The van der Waals surface area contributed by atoms with Gasteiger partial charge in [-0.1, -0.05) is 38.8 Å². The Hall–Kier alpha value is -1.36. The highest BCUT2D eigenvalue weighted by Crippen LogP contribution is 2.33. The molecule has 25 heavy (non-hydrogen) atoms. The number of terminal acetylenes is 1. The minimum atomic E-state index is -0.468. The minimum Gasteiger partial charge on any atom is -0.300 e. The largest absolute Gasteiger partial charge is 0.300 e. The van der Waals surface area contributed by atoms with Gasteiger partial charge in [-0.05, 0) is 51.4 Å². The third-order valence-electron chi connectivity index (χ3n) is 5.54. The lowest BCUT2D eigenvalue weighted by molar-refractivity contribution is -0.132. The maximum Gasteiger partial charge on any atom is 0.142 e. The number of hydrogen-bond acceptors (Lipinski definition) is 2. The van der Waals surface area contributed by atoms with Crippen molar-refractivity contribution in [3.05, 3.63) is 11.6 Å². The van der Waals surface area contributed by atoms with E-state index in [-0.39, 0.29) is 17.5 Å². The number of Topliss-reactive ketones (excluding diaryl/α,β-unsaturated/α-hetero) is 2. The molecule has 0 aliphatic heterocycles. The van der Waals surface area contributed by atoms with Crippen LogP contribution in [0.3, 0.4) is 0 Å². The molecule has 0 heterocycles. The molecule has 0 bridgehead atoms. The summed E-state index contributed by atoms with van der Waals surface area (Å²) in [5.41, 5.74) is 0.953. The highest BCUT2D eigenvalue weighted by Gasteiger charge is 2.34. The molecule has 0 saturated carbocycles. The maximum atomic E-state index is 13.0. The van der Waals surface area contributed by atoms with Crippen molar-refractivity contribution in [2.45, 2.75) is 91.9 Å². The van der Waals surface area contributed by atoms with E-state index < -0.39 is 5.41 Å². The number of allylic oxidation sites excluding steroid dienone is 2. The van der Waals surface area contributed by atoms with Crippen LogP contribution in [-0.2, 0) is 9.59 Å². The topological polar surface area (TPSA) is 34.1 Å². The fourth-order valence-corrected chi connectivity index (χ4v) is 3.76. The SMILES string of the molecule is C#CCC1CC(C)CCC/C(C)=C/CCCC(=O)CCC(C)(C)C1=O. The van der Waals surface area contributed by atoms with Crippen molar-refractivity contribution in [1.29, 1.82) is 0 Å². The van der Waals surface area contributed by atoms with Gasteiger partial charge in [-0.2, -0.15) is 0 Å². The number of hydrogen-bond donors (Lipinski definition) is 0. The molecule has 1 rings (SSSR count). The monoisotopic (exact) mass is 344 g/mol. The fourth-order valence-electron chi connectivity index (χ4n) is 3.76. The first kappa shape index (κ1) is 21.7. The van der Waals surface area contributed by atoms with Crippen molar-refractivity contribution < 1.29 is 9.59 Å². The number of rotatable bonds is 1. The summed E-state index contributed by atoms with van der Waals surface area (Å²) in [6.07, 6.45) is 16.3. The Balaban J connectivity index is 2.88. The van der Waals surface area contributed by atoms with Crippen molar-refractivity contribution in [2.75, 3.05) is 0 Å². The lowest BCUT2D eigenvalue weighted by atomic mass is 9.73. The second-order valence-electron chi connectivity index (χ2n) is 8.57. The van der Waals surface area contributed by atoms with Crippen LogP contribution in [0.1, 0.15) is 91.9 Å². The molecule has 0 saturated heterocycles. The van der Waals surface area contributed by atoms with E-state index in [0.29, 0.717) is 31.6 Å². The van der Waals surface area contributed by atoms with E-state index in [1.165, 1.54) is 5.57 Å². The van der Waals surface area contributed by atoms with Gasteiger partial charge in [0.1, 0.15) is 11.6 Å². The summed E-state index contributed by atoms with van der Waals surface area (Å²) in [5, 5.41) is 0. The molecule has 2 nitrogen and oxygen atoms in total. The normalized spacial score (nSPS) is 29.5. The highest BCUT2D eigenvalue weighted by molar-refractivity contribution is 5.87. The lowest BCUT2D eigenvalue weighted by Gasteiger charge is -2.29. The molecule has 0 aromatic heterocycles. The number of ketones is 2. The second-order valence-corrected chi connectivity index (χ2v) is 8.57. The van der Waals surface area contributed by atoms with E-state index in [4.69, 9.17) is 6.42 Å². The quantitative estimate of drug-likeness (QED) is 0.438. The molecular formula is C23H36O2. The van der Waals surface area contributed by atoms with Crippen LogP contribution in [0, 0.1) is 29.6 Å². The van der Waals surface area contributed by atoms with Crippen LogP contribution in [0.25, 0.3) is 0 Å². The van der Waals surface area contributed by atoms with E-state index in [1.54, 1.807) is 0 Å². The van der Waals surface area contributed by atoms with Gasteiger partial charge in [-0.15, -0.1) is 12.3 Å². The van der Waals surface area contributed by atoms with Gasteiger partial charge in [0.25, 0.3) is 0 Å². The van der Waals surface area contributed by atoms with E-state index in [0.717, 1.165) is 38.5 Å². The first-order valence-electron chi connectivity index (χ1n) is 9.91. The maximum absolute atomic E-state index is 13.0. The van der Waals surface area contributed by atoms with Gasteiger partial charge in [0.2, 0.25) is 0 Å². The van der Waals surface area contributed by atoms with Crippen LogP contribution < -0.4 is 0 Å². The summed E-state index contributed by atoms with van der Waals surface area (Å²) in [7, 11) is 0. The summed E-state index contributed by atoms with van der Waals surface area (Å²) in [5.74, 6) is 3.65. The summed E-state index contributed by atoms with van der Waals surface area (Å²) in [4.78, 5) is 25.2. The predicted molar refractivity (Wildman–Crippen MR) is 105 cm³/mol. The van der Waals surface area contributed by atoms with Gasteiger partial charge in [0.05, 0.1) is 0 Å². The third kappa shape index (κ3) is 8.04. The Bertz CT molecular complexity index is 519. The van der Waals surface area contributed by atoms with Crippen LogP contribution in [0.2, 0.25) is 0 Å². The zero-order valence-electron chi connectivity index (χ0n) is 16.7. The Kier molecular flexibility index (Phi) is 9.19. The third-order valence-corrected chi connectivity index (χ3v) is 5.54. The molecule has 2 atom stereocenters. The summed E-state index contributed by atoms with van der Waals surface area (Å²) >= 11 is 0. The van der Waals surface area contributed by atoms with Gasteiger partial charge in [-0.3, -0.25) is 9.59 Å². The van der Waals surface area contributed by atoms with Crippen LogP contribution in [0.4, 0.5) is 0 Å². The molecular weight excluding hydrogens is 308 g/mol. The van der Waals surface area contributed by atoms with Gasteiger partial charge < -0.3 is 0 Å². The van der Waals surface area contributed by atoms with Crippen molar-refractivity contribution in [2.24, 2.45) is 17.3 Å². The first-order chi connectivity index (χ1) is 11.8. The molecule has 0 N–H and O–H groups in total. The number of carbonyl (C=O) groups excluding carboxylic acids is 2.